The molecular weight excluding hydrogens is 260 g/mol. The SMILES string of the molecule is CCCCCCCCCCn1c(CO)nc2ccccc21. The minimum atomic E-state index is 0.0195. The van der Waals surface area contributed by atoms with Gasteiger partial charge in [0.05, 0.1) is 11.0 Å². The lowest BCUT2D eigenvalue weighted by Gasteiger charge is -2.07. The maximum Gasteiger partial charge on any atom is 0.135 e. The number of unbranched alkanes of at least 4 members (excludes halogenated alkanes) is 7. The van der Waals surface area contributed by atoms with E-state index in [4.69, 9.17) is 0 Å². The van der Waals surface area contributed by atoms with Gasteiger partial charge in [0.2, 0.25) is 0 Å². The maximum absolute atomic E-state index is 9.46. The average Bonchev–Trinajstić information content (AvgIpc) is 2.88. The van der Waals surface area contributed by atoms with Crippen LogP contribution < -0.4 is 0 Å². The zero-order chi connectivity index (χ0) is 14.9. The second-order valence-electron chi connectivity index (χ2n) is 5.80. The van der Waals surface area contributed by atoms with Crippen LogP contribution in [0.2, 0.25) is 0 Å². The van der Waals surface area contributed by atoms with Gasteiger partial charge in [0.15, 0.2) is 0 Å². The van der Waals surface area contributed by atoms with E-state index in [2.05, 4.69) is 22.5 Å². The molecule has 0 atom stereocenters. The molecule has 3 heteroatoms. The van der Waals surface area contributed by atoms with E-state index in [1.807, 2.05) is 18.2 Å². The molecule has 2 aromatic rings. The molecule has 21 heavy (non-hydrogen) atoms. The number of fused-ring (bicyclic) bond motifs is 1. The Morgan fingerprint density at radius 2 is 1.62 bits per heavy atom. The van der Waals surface area contributed by atoms with Gasteiger partial charge in [-0.15, -0.1) is 0 Å². The normalized spacial score (nSPS) is 11.3. The molecule has 0 unspecified atom stereocenters. The number of hydrogen-bond donors (Lipinski definition) is 1. The van der Waals surface area contributed by atoms with Crippen molar-refractivity contribution in [1.82, 2.24) is 9.55 Å². The fourth-order valence-electron chi connectivity index (χ4n) is 2.90. The van der Waals surface area contributed by atoms with E-state index in [0.717, 1.165) is 23.4 Å². The number of aliphatic hydroxyl groups is 1. The Balaban J connectivity index is 1.78. The van der Waals surface area contributed by atoms with Gasteiger partial charge in [0.1, 0.15) is 12.4 Å². The summed E-state index contributed by atoms with van der Waals surface area (Å²) in [4.78, 5) is 4.49. The summed E-state index contributed by atoms with van der Waals surface area (Å²) < 4.78 is 2.17. The summed E-state index contributed by atoms with van der Waals surface area (Å²) in [5.74, 6) is 0.791. The summed E-state index contributed by atoms with van der Waals surface area (Å²) in [6.45, 7) is 3.24. The molecule has 0 saturated carbocycles. The first-order valence-corrected chi connectivity index (χ1v) is 8.41. The highest BCUT2D eigenvalue weighted by Gasteiger charge is 2.08. The summed E-state index contributed by atoms with van der Waals surface area (Å²) in [5, 5.41) is 9.46. The highest BCUT2D eigenvalue weighted by atomic mass is 16.3. The highest BCUT2D eigenvalue weighted by Crippen LogP contribution is 2.17. The number of benzene rings is 1. The molecule has 0 spiro atoms. The topological polar surface area (TPSA) is 38.0 Å². The maximum atomic E-state index is 9.46. The Morgan fingerprint density at radius 3 is 2.33 bits per heavy atom. The highest BCUT2D eigenvalue weighted by molar-refractivity contribution is 5.75. The van der Waals surface area contributed by atoms with Gasteiger partial charge in [-0.1, -0.05) is 64.0 Å². The summed E-state index contributed by atoms with van der Waals surface area (Å²) in [7, 11) is 0. The van der Waals surface area contributed by atoms with Crippen LogP contribution in [0.5, 0.6) is 0 Å². The van der Waals surface area contributed by atoms with Crippen LogP contribution in [0.15, 0.2) is 24.3 Å². The molecule has 1 aromatic heterocycles. The monoisotopic (exact) mass is 288 g/mol. The molecule has 0 radical (unpaired) electrons. The lowest BCUT2D eigenvalue weighted by Crippen LogP contribution is -2.04. The largest absolute Gasteiger partial charge is 0.388 e. The smallest absolute Gasteiger partial charge is 0.135 e. The van der Waals surface area contributed by atoms with Crippen LogP contribution in [0.25, 0.3) is 11.0 Å². The number of para-hydroxylation sites is 2. The molecule has 3 nitrogen and oxygen atoms in total. The fraction of sp³-hybridized carbons (Fsp3) is 0.611. The molecule has 0 fully saturated rings. The van der Waals surface area contributed by atoms with Crippen molar-refractivity contribution in [2.45, 2.75) is 71.4 Å². The molecule has 2 rings (SSSR count). The van der Waals surface area contributed by atoms with Crippen LogP contribution in [0.4, 0.5) is 0 Å². The third-order valence-electron chi connectivity index (χ3n) is 4.11. The third-order valence-corrected chi connectivity index (χ3v) is 4.11. The van der Waals surface area contributed by atoms with Gasteiger partial charge < -0.3 is 9.67 Å². The molecule has 0 bridgehead atoms. The van der Waals surface area contributed by atoms with E-state index in [0.29, 0.717) is 0 Å². The molecule has 116 valence electrons. The van der Waals surface area contributed by atoms with Crippen LogP contribution in [0.3, 0.4) is 0 Å². The van der Waals surface area contributed by atoms with Crippen LogP contribution in [-0.2, 0) is 13.2 Å². The summed E-state index contributed by atoms with van der Waals surface area (Å²) >= 11 is 0. The quantitative estimate of drug-likeness (QED) is 0.645. The number of aryl methyl sites for hydroxylation is 1. The second kappa shape index (κ2) is 8.83. The summed E-state index contributed by atoms with van der Waals surface area (Å²) in [5.41, 5.74) is 2.13. The first kappa shape index (κ1) is 16.0. The lowest BCUT2D eigenvalue weighted by molar-refractivity contribution is 0.265. The van der Waals surface area contributed by atoms with Crippen LogP contribution in [-0.4, -0.2) is 14.7 Å². The van der Waals surface area contributed by atoms with Gasteiger partial charge in [-0.3, -0.25) is 0 Å². The predicted octanol–water partition coefficient (Wildman–Crippen LogP) is 4.67. The summed E-state index contributed by atoms with van der Waals surface area (Å²) in [6.07, 6.45) is 10.6. The Hall–Kier alpha value is -1.35. The number of rotatable bonds is 10. The average molecular weight is 288 g/mol. The molecule has 1 aromatic carbocycles. The van der Waals surface area contributed by atoms with Crippen molar-refractivity contribution < 1.29 is 5.11 Å². The molecule has 1 N–H and O–H groups in total. The van der Waals surface area contributed by atoms with Gasteiger partial charge in [-0.2, -0.15) is 0 Å². The van der Waals surface area contributed by atoms with E-state index >= 15 is 0 Å². The van der Waals surface area contributed by atoms with Crippen molar-refractivity contribution in [1.29, 1.82) is 0 Å². The van der Waals surface area contributed by atoms with Gasteiger partial charge in [-0.25, -0.2) is 4.98 Å². The fourth-order valence-corrected chi connectivity index (χ4v) is 2.90. The second-order valence-corrected chi connectivity index (χ2v) is 5.80. The van der Waals surface area contributed by atoms with Gasteiger partial charge in [0.25, 0.3) is 0 Å². The van der Waals surface area contributed by atoms with Gasteiger partial charge >= 0.3 is 0 Å². The number of hydrogen-bond acceptors (Lipinski definition) is 2. The van der Waals surface area contributed by atoms with Crippen molar-refractivity contribution in [3.8, 4) is 0 Å². The van der Waals surface area contributed by atoms with Crippen molar-refractivity contribution in [2.24, 2.45) is 0 Å². The number of imidazole rings is 1. The minimum absolute atomic E-state index is 0.0195. The zero-order valence-electron chi connectivity index (χ0n) is 13.2. The predicted molar refractivity (Wildman–Crippen MR) is 88.3 cm³/mol. The first-order valence-electron chi connectivity index (χ1n) is 8.41. The molecule has 0 aliphatic rings. The number of aliphatic hydroxyl groups excluding tert-OH is 1. The van der Waals surface area contributed by atoms with E-state index in [1.165, 1.54) is 51.4 Å². The van der Waals surface area contributed by atoms with E-state index in [1.54, 1.807) is 0 Å². The van der Waals surface area contributed by atoms with Crippen molar-refractivity contribution in [2.75, 3.05) is 0 Å². The standard InChI is InChI=1S/C18H28N2O/c1-2-3-4-5-6-7-8-11-14-20-17-13-10-9-12-16(17)19-18(20)15-21/h9-10,12-13,21H,2-8,11,14-15H2,1H3. The number of nitrogens with zero attached hydrogens (tertiary/aromatic N) is 2. The molecule has 0 aliphatic carbocycles. The Bertz CT molecular complexity index is 533. The van der Waals surface area contributed by atoms with Crippen LogP contribution in [0, 0.1) is 0 Å². The van der Waals surface area contributed by atoms with E-state index in [9.17, 15) is 5.11 Å². The molecule has 1 heterocycles. The van der Waals surface area contributed by atoms with Crippen molar-refractivity contribution in [3.05, 3.63) is 30.1 Å². The molecular formula is C18H28N2O. The van der Waals surface area contributed by atoms with E-state index < -0.39 is 0 Å². The Kier molecular flexibility index (Phi) is 6.74. The minimum Gasteiger partial charge on any atom is -0.388 e. The Morgan fingerprint density at radius 1 is 0.952 bits per heavy atom. The third kappa shape index (κ3) is 4.57. The Labute approximate surface area is 128 Å². The number of aromatic nitrogens is 2. The van der Waals surface area contributed by atoms with Crippen molar-refractivity contribution >= 4 is 11.0 Å². The van der Waals surface area contributed by atoms with Gasteiger partial charge in [-0.05, 0) is 18.6 Å². The van der Waals surface area contributed by atoms with Crippen LogP contribution >= 0.6 is 0 Å². The van der Waals surface area contributed by atoms with Crippen LogP contribution in [0.1, 0.15) is 64.1 Å². The van der Waals surface area contributed by atoms with E-state index in [-0.39, 0.29) is 6.61 Å². The molecule has 0 aliphatic heterocycles. The first-order chi connectivity index (χ1) is 10.4. The zero-order valence-corrected chi connectivity index (χ0v) is 13.2. The lowest BCUT2D eigenvalue weighted by atomic mass is 10.1. The molecule has 0 amide bonds. The van der Waals surface area contributed by atoms with Crippen molar-refractivity contribution in [3.63, 3.8) is 0 Å². The van der Waals surface area contributed by atoms with Gasteiger partial charge in [0, 0.05) is 6.54 Å². The summed E-state index contributed by atoms with van der Waals surface area (Å²) in [6, 6.07) is 8.14. The molecule has 0 saturated heterocycles.